The predicted molar refractivity (Wildman–Crippen MR) is 69.1 cm³/mol. The number of ketones is 1. The highest BCUT2D eigenvalue weighted by Crippen LogP contribution is 2.13. The van der Waals surface area contributed by atoms with Gasteiger partial charge in [-0.3, -0.25) is 4.79 Å². The van der Waals surface area contributed by atoms with Crippen LogP contribution in [-0.2, 0) is 20.7 Å². The number of hydrogen-bond donors (Lipinski definition) is 0. The number of carbonyl (C=O) groups excluding carboxylic acids is 2. The molecule has 1 aromatic rings. The second-order valence-electron chi connectivity index (χ2n) is 3.38. The van der Waals surface area contributed by atoms with Crippen molar-refractivity contribution < 1.29 is 14.3 Å². The van der Waals surface area contributed by atoms with Crippen LogP contribution in [-0.4, -0.2) is 23.7 Å². The van der Waals surface area contributed by atoms with E-state index in [4.69, 9.17) is 11.6 Å². The Bertz CT molecular complexity index is 403. The second-order valence-corrected chi connectivity index (χ2v) is 4.74. The van der Waals surface area contributed by atoms with Crippen LogP contribution in [0, 0.1) is 0 Å². The lowest BCUT2D eigenvalue weighted by Crippen LogP contribution is -2.28. The van der Waals surface area contributed by atoms with E-state index in [-0.39, 0.29) is 18.8 Å². The molecule has 0 heterocycles. The molecule has 0 aliphatic heterocycles. The molecule has 0 saturated carbocycles. The fraction of sp³-hybridized carbons (Fsp3) is 0.333. The minimum Gasteiger partial charge on any atom is -0.465 e. The molecule has 92 valence electrons. The topological polar surface area (TPSA) is 43.4 Å². The van der Waals surface area contributed by atoms with Gasteiger partial charge < -0.3 is 4.74 Å². The Balaban J connectivity index is 2.59. The minimum absolute atomic E-state index is 0.125. The lowest BCUT2D eigenvalue weighted by molar-refractivity contribution is -0.144. The summed E-state index contributed by atoms with van der Waals surface area (Å²) in [6.45, 7) is 1.88. The number of carbonyl (C=O) groups is 2. The van der Waals surface area contributed by atoms with Crippen molar-refractivity contribution in [2.75, 3.05) is 6.61 Å². The van der Waals surface area contributed by atoms with Crippen LogP contribution in [0.1, 0.15) is 12.5 Å². The molecule has 0 aromatic heterocycles. The molecule has 5 heteroatoms. The summed E-state index contributed by atoms with van der Waals surface area (Å²) in [6.07, 6.45) is 0.125. The maximum absolute atomic E-state index is 11.7. The zero-order chi connectivity index (χ0) is 12.8. The predicted octanol–water partition coefficient (Wildman–Crippen LogP) is 2.73. The zero-order valence-corrected chi connectivity index (χ0v) is 11.6. The molecule has 0 radical (unpaired) electrons. The summed E-state index contributed by atoms with van der Waals surface area (Å²) in [5, 5.41) is -1.22. The summed E-state index contributed by atoms with van der Waals surface area (Å²) < 4.78 is 5.61. The molecule has 1 unspecified atom stereocenters. The maximum Gasteiger partial charge on any atom is 0.331 e. The molecule has 0 aliphatic rings. The summed E-state index contributed by atoms with van der Waals surface area (Å²) in [4.78, 5) is 22.9. The van der Waals surface area contributed by atoms with Gasteiger partial charge in [-0.2, -0.15) is 0 Å². The first kappa shape index (κ1) is 14.2. The van der Waals surface area contributed by atoms with Crippen molar-refractivity contribution in [1.29, 1.82) is 0 Å². The first-order valence-electron chi connectivity index (χ1n) is 5.12. The Morgan fingerprint density at radius 1 is 1.35 bits per heavy atom. The van der Waals surface area contributed by atoms with Gasteiger partial charge in [-0.1, -0.05) is 28.1 Å². The number of halogens is 2. The van der Waals surface area contributed by atoms with Crippen molar-refractivity contribution in [3.63, 3.8) is 0 Å². The van der Waals surface area contributed by atoms with E-state index < -0.39 is 11.3 Å². The lowest BCUT2D eigenvalue weighted by atomic mass is 10.1. The summed E-state index contributed by atoms with van der Waals surface area (Å²) in [5.41, 5.74) is 0.813. The van der Waals surface area contributed by atoms with Crippen LogP contribution in [0.2, 0.25) is 0 Å². The van der Waals surface area contributed by atoms with Gasteiger partial charge in [0.15, 0.2) is 11.2 Å². The quantitative estimate of drug-likeness (QED) is 0.476. The molecule has 3 nitrogen and oxygen atoms in total. The number of esters is 1. The molecule has 0 N–H and O–H groups in total. The Morgan fingerprint density at radius 2 is 1.94 bits per heavy atom. The zero-order valence-electron chi connectivity index (χ0n) is 9.28. The third-order valence-corrected chi connectivity index (χ3v) is 3.02. The van der Waals surface area contributed by atoms with E-state index in [0.29, 0.717) is 0 Å². The van der Waals surface area contributed by atoms with E-state index in [1.54, 1.807) is 19.1 Å². The average Bonchev–Trinajstić information content (AvgIpc) is 2.31. The molecule has 1 aromatic carbocycles. The van der Waals surface area contributed by atoms with Gasteiger partial charge in [0, 0.05) is 10.9 Å². The summed E-state index contributed by atoms with van der Waals surface area (Å²) in [6, 6.07) is 7.26. The Morgan fingerprint density at radius 3 is 2.47 bits per heavy atom. The number of benzene rings is 1. The van der Waals surface area contributed by atoms with Crippen molar-refractivity contribution in [2.45, 2.75) is 18.7 Å². The van der Waals surface area contributed by atoms with Crippen LogP contribution in [0.3, 0.4) is 0 Å². The molecule has 1 rings (SSSR count). The molecule has 0 spiro atoms. The summed E-state index contributed by atoms with van der Waals surface area (Å²) in [5.74, 6) is -1.04. The fourth-order valence-electron chi connectivity index (χ4n) is 1.24. The van der Waals surface area contributed by atoms with E-state index in [2.05, 4.69) is 20.7 Å². The van der Waals surface area contributed by atoms with E-state index in [9.17, 15) is 9.59 Å². The van der Waals surface area contributed by atoms with E-state index >= 15 is 0 Å². The Hall–Kier alpha value is -0.870. The van der Waals surface area contributed by atoms with E-state index in [1.165, 1.54) is 0 Å². The summed E-state index contributed by atoms with van der Waals surface area (Å²) >= 11 is 9.01. The van der Waals surface area contributed by atoms with Crippen LogP contribution in [0.5, 0.6) is 0 Å². The third-order valence-electron chi connectivity index (χ3n) is 2.07. The van der Waals surface area contributed by atoms with Gasteiger partial charge >= 0.3 is 5.97 Å². The van der Waals surface area contributed by atoms with Crippen LogP contribution in [0.4, 0.5) is 0 Å². The SMILES string of the molecule is CCOC(=O)C(Cl)C(=O)Cc1ccc(Br)cc1. The highest BCUT2D eigenvalue weighted by molar-refractivity contribution is 9.10. The number of Topliss-reactive ketones (excluding diaryl/α,β-unsaturated/α-hetero) is 1. The van der Waals surface area contributed by atoms with Crippen LogP contribution < -0.4 is 0 Å². The number of hydrogen-bond acceptors (Lipinski definition) is 3. The normalized spacial score (nSPS) is 11.9. The number of alkyl halides is 1. The highest BCUT2D eigenvalue weighted by Gasteiger charge is 2.24. The molecule has 0 aliphatic carbocycles. The number of rotatable bonds is 5. The Kier molecular flexibility index (Phi) is 5.65. The van der Waals surface area contributed by atoms with Crippen LogP contribution in [0.25, 0.3) is 0 Å². The van der Waals surface area contributed by atoms with E-state index in [0.717, 1.165) is 10.0 Å². The number of ether oxygens (including phenoxy) is 1. The van der Waals surface area contributed by atoms with Crippen molar-refractivity contribution >= 4 is 39.3 Å². The molecule has 0 saturated heterocycles. The molecule has 0 fully saturated rings. The first-order valence-corrected chi connectivity index (χ1v) is 6.35. The molecular formula is C12H12BrClO3. The van der Waals surface area contributed by atoms with Crippen LogP contribution >= 0.6 is 27.5 Å². The second kappa shape index (κ2) is 6.77. The molecular weight excluding hydrogens is 307 g/mol. The first-order chi connectivity index (χ1) is 8.04. The molecule has 17 heavy (non-hydrogen) atoms. The standard InChI is InChI=1S/C12H12BrClO3/c1-2-17-12(16)11(14)10(15)7-8-3-5-9(13)6-4-8/h3-6,11H,2,7H2,1H3. The molecule has 0 bridgehead atoms. The van der Waals surface area contributed by atoms with Gasteiger partial charge in [0.05, 0.1) is 6.61 Å². The summed E-state index contributed by atoms with van der Waals surface area (Å²) in [7, 11) is 0. The lowest BCUT2D eigenvalue weighted by Gasteiger charge is -2.07. The van der Waals surface area contributed by atoms with E-state index in [1.807, 2.05) is 12.1 Å². The molecule has 1 atom stereocenters. The van der Waals surface area contributed by atoms with Crippen LogP contribution in [0.15, 0.2) is 28.7 Å². The molecule has 0 amide bonds. The Labute approximate surface area is 113 Å². The van der Waals surface area contributed by atoms with Gasteiger partial charge in [-0.25, -0.2) is 4.79 Å². The van der Waals surface area contributed by atoms with Crippen molar-refractivity contribution in [2.24, 2.45) is 0 Å². The van der Waals surface area contributed by atoms with Gasteiger partial charge in [0.1, 0.15) is 0 Å². The fourth-order valence-corrected chi connectivity index (χ4v) is 1.64. The van der Waals surface area contributed by atoms with Crippen molar-refractivity contribution in [1.82, 2.24) is 0 Å². The maximum atomic E-state index is 11.7. The monoisotopic (exact) mass is 318 g/mol. The third kappa shape index (κ3) is 4.48. The van der Waals surface area contributed by atoms with Crippen molar-refractivity contribution in [3.05, 3.63) is 34.3 Å². The smallest absolute Gasteiger partial charge is 0.331 e. The van der Waals surface area contributed by atoms with Crippen molar-refractivity contribution in [3.8, 4) is 0 Å². The van der Waals surface area contributed by atoms with Gasteiger partial charge in [0.25, 0.3) is 0 Å². The van der Waals surface area contributed by atoms with Gasteiger partial charge in [-0.15, -0.1) is 11.6 Å². The van der Waals surface area contributed by atoms with Gasteiger partial charge in [-0.05, 0) is 24.6 Å². The average molecular weight is 320 g/mol. The largest absolute Gasteiger partial charge is 0.465 e. The minimum atomic E-state index is -1.22. The highest BCUT2D eigenvalue weighted by atomic mass is 79.9. The van der Waals surface area contributed by atoms with Gasteiger partial charge in [0.2, 0.25) is 0 Å².